The minimum atomic E-state index is -3.70. The normalized spacial score (nSPS) is 11.1. The number of rotatable bonds is 14. The summed E-state index contributed by atoms with van der Waals surface area (Å²) < 4.78 is 43.9. The topological polar surface area (TPSA) is 103 Å². The van der Waals surface area contributed by atoms with Crippen molar-refractivity contribution in [1.82, 2.24) is 4.72 Å². The lowest BCUT2D eigenvalue weighted by Gasteiger charge is -2.11. The van der Waals surface area contributed by atoms with E-state index in [4.69, 9.17) is 14.2 Å². The van der Waals surface area contributed by atoms with Crippen LogP contribution in [0.25, 0.3) is 0 Å². The van der Waals surface area contributed by atoms with Gasteiger partial charge in [0.1, 0.15) is 5.75 Å². The van der Waals surface area contributed by atoms with Crippen LogP contribution in [0.4, 0.5) is 5.69 Å². The Balaban J connectivity index is 1.46. The lowest BCUT2D eigenvalue weighted by Crippen LogP contribution is -2.26. The molecule has 0 aromatic heterocycles. The van der Waals surface area contributed by atoms with E-state index < -0.39 is 10.0 Å². The van der Waals surface area contributed by atoms with Crippen molar-refractivity contribution < 1.29 is 27.4 Å². The van der Waals surface area contributed by atoms with Crippen molar-refractivity contribution in [3.63, 3.8) is 0 Å². The zero-order valence-corrected chi connectivity index (χ0v) is 22.3. The Hall–Kier alpha value is -3.56. The van der Waals surface area contributed by atoms with Gasteiger partial charge in [-0.2, -0.15) is 0 Å². The number of carbonyl (C=O) groups excluding carboxylic acids is 1. The second-order valence-electron chi connectivity index (χ2n) is 8.45. The monoisotopic (exact) mass is 526 g/mol. The van der Waals surface area contributed by atoms with Crippen molar-refractivity contribution in [1.29, 1.82) is 0 Å². The van der Waals surface area contributed by atoms with Crippen molar-refractivity contribution in [3.8, 4) is 17.2 Å². The molecular formula is C28H34N2O6S. The molecule has 0 aliphatic carbocycles. The van der Waals surface area contributed by atoms with E-state index in [0.717, 1.165) is 24.8 Å². The van der Waals surface area contributed by atoms with Gasteiger partial charge in [-0.3, -0.25) is 4.79 Å². The quantitative estimate of drug-likeness (QED) is 0.319. The van der Waals surface area contributed by atoms with Crippen molar-refractivity contribution in [3.05, 3.63) is 77.9 Å². The highest BCUT2D eigenvalue weighted by atomic mass is 32.2. The van der Waals surface area contributed by atoms with Gasteiger partial charge in [0, 0.05) is 12.2 Å². The zero-order chi connectivity index (χ0) is 26.7. The Morgan fingerprint density at radius 3 is 2.16 bits per heavy atom. The lowest BCUT2D eigenvalue weighted by molar-refractivity contribution is -0.118. The maximum atomic E-state index is 12.6. The molecule has 0 heterocycles. The van der Waals surface area contributed by atoms with Crippen LogP contribution < -0.4 is 24.2 Å². The van der Waals surface area contributed by atoms with Gasteiger partial charge in [0.2, 0.25) is 10.0 Å². The predicted octanol–water partition coefficient (Wildman–Crippen LogP) is 4.58. The van der Waals surface area contributed by atoms with Gasteiger partial charge in [-0.1, -0.05) is 31.5 Å². The maximum absolute atomic E-state index is 12.6. The van der Waals surface area contributed by atoms with Crippen LogP contribution in [-0.2, 0) is 27.7 Å². The number of benzene rings is 3. The smallest absolute Gasteiger partial charge is 0.262 e. The fourth-order valence-electron chi connectivity index (χ4n) is 3.65. The fourth-order valence-corrected chi connectivity index (χ4v) is 4.68. The fraction of sp³-hybridized carbons (Fsp3) is 0.321. The van der Waals surface area contributed by atoms with E-state index in [0.29, 0.717) is 29.4 Å². The van der Waals surface area contributed by atoms with Crippen molar-refractivity contribution in [2.24, 2.45) is 0 Å². The van der Waals surface area contributed by atoms with Gasteiger partial charge in [0.25, 0.3) is 5.91 Å². The number of ether oxygens (including phenoxy) is 3. The van der Waals surface area contributed by atoms with Crippen LogP contribution in [0.2, 0.25) is 0 Å². The van der Waals surface area contributed by atoms with Crippen LogP contribution in [0.3, 0.4) is 0 Å². The summed E-state index contributed by atoms with van der Waals surface area (Å²) in [5, 5.41) is 2.80. The van der Waals surface area contributed by atoms with Gasteiger partial charge in [0.15, 0.2) is 18.1 Å². The summed E-state index contributed by atoms with van der Waals surface area (Å²) in [6, 6.07) is 19.2. The third kappa shape index (κ3) is 8.51. The maximum Gasteiger partial charge on any atom is 0.262 e. The summed E-state index contributed by atoms with van der Waals surface area (Å²) >= 11 is 0. The number of methoxy groups -OCH3 is 2. The molecule has 37 heavy (non-hydrogen) atoms. The van der Waals surface area contributed by atoms with Crippen LogP contribution in [0, 0.1) is 0 Å². The Bertz CT molecular complexity index is 1260. The van der Waals surface area contributed by atoms with E-state index in [1.165, 1.54) is 29.8 Å². The van der Waals surface area contributed by atoms with Gasteiger partial charge < -0.3 is 19.5 Å². The average molecular weight is 527 g/mol. The van der Waals surface area contributed by atoms with Gasteiger partial charge in [-0.25, -0.2) is 13.1 Å². The van der Waals surface area contributed by atoms with E-state index in [9.17, 15) is 13.2 Å². The first-order chi connectivity index (χ1) is 17.8. The number of sulfonamides is 1. The van der Waals surface area contributed by atoms with Crippen LogP contribution in [-0.4, -0.2) is 41.7 Å². The number of carbonyl (C=O) groups is 1. The molecule has 9 heteroatoms. The first-order valence-electron chi connectivity index (χ1n) is 12.2. The molecular weight excluding hydrogens is 492 g/mol. The number of unbranched alkanes of at least 4 members (excludes halogenated alkanes) is 1. The molecule has 3 aromatic carbocycles. The molecule has 0 radical (unpaired) electrons. The van der Waals surface area contributed by atoms with Crippen molar-refractivity contribution >= 4 is 21.6 Å². The van der Waals surface area contributed by atoms with Gasteiger partial charge in [-0.05, 0) is 78.9 Å². The van der Waals surface area contributed by atoms with Gasteiger partial charge in [-0.15, -0.1) is 0 Å². The summed E-state index contributed by atoms with van der Waals surface area (Å²) in [5.41, 5.74) is 2.85. The first-order valence-corrected chi connectivity index (χ1v) is 13.6. The summed E-state index contributed by atoms with van der Waals surface area (Å²) in [5.74, 6) is 1.31. The van der Waals surface area contributed by atoms with Gasteiger partial charge >= 0.3 is 0 Å². The summed E-state index contributed by atoms with van der Waals surface area (Å²) in [7, 11) is -0.585. The Morgan fingerprint density at radius 1 is 0.838 bits per heavy atom. The van der Waals surface area contributed by atoms with Crippen molar-refractivity contribution in [2.45, 2.75) is 37.5 Å². The molecule has 198 valence electrons. The Kier molecular flexibility index (Phi) is 10.3. The first kappa shape index (κ1) is 28.0. The SMILES string of the molecule is CCCCc1ccc(NC(=O)COc2ccc(S(=O)(=O)NCCc3ccc(OC)c(OC)c3)cc2)cc1. The van der Waals surface area contributed by atoms with Crippen LogP contribution in [0.5, 0.6) is 17.2 Å². The van der Waals surface area contributed by atoms with Crippen LogP contribution in [0.15, 0.2) is 71.6 Å². The summed E-state index contributed by atoms with van der Waals surface area (Å²) in [6.45, 7) is 2.18. The molecule has 0 aliphatic rings. The van der Waals surface area contributed by atoms with E-state index in [2.05, 4.69) is 17.0 Å². The number of hydrogen-bond donors (Lipinski definition) is 2. The predicted molar refractivity (Wildman–Crippen MR) is 144 cm³/mol. The van der Waals surface area contributed by atoms with Crippen molar-refractivity contribution in [2.75, 3.05) is 32.7 Å². The van der Waals surface area contributed by atoms with E-state index >= 15 is 0 Å². The molecule has 0 saturated carbocycles. The highest BCUT2D eigenvalue weighted by Gasteiger charge is 2.14. The van der Waals surface area contributed by atoms with E-state index in [-0.39, 0.29) is 24.0 Å². The molecule has 3 rings (SSSR count). The zero-order valence-electron chi connectivity index (χ0n) is 21.5. The molecule has 0 aliphatic heterocycles. The minimum Gasteiger partial charge on any atom is -0.493 e. The number of anilines is 1. The second-order valence-corrected chi connectivity index (χ2v) is 10.2. The Morgan fingerprint density at radius 2 is 1.51 bits per heavy atom. The Labute approximate surface area is 219 Å². The standard InChI is InChI=1S/C28H34N2O6S/c1-4-5-6-21-7-10-23(11-8-21)30-28(31)20-36-24-12-14-25(15-13-24)37(32,33)29-18-17-22-9-16-26(34-2)27(19-22)35-3/h7-16,19,29H,4-6,17-18,20H2,1-3H3,(H,30,31). The number of hydrogen-bond acceptors (Lipinski definition) is 6. The molecule has 1 amide bonds. The average Bonchev–Trinajstić information content (AvgIpc) is 2.91. The van der Waals surface area contributed by atoms with Crippen LogP contribution >= 0.6 is 0 Å². The number of aryl methyl sites for hydroxylation is 1. The molecule has 0 atom stereocenters. The van der Waals surface area contributed by atoms with E-state index in [1.807, 2.05) is 36.4 Å². The summed E-state index contributed by atoms with van der Waals surface area (Å²) in [4.78, 5) is 12.3. The molecule has 0 saturated heterocycles. The molecule has 0 fully saturated rings. The third-order valence-corrected chi connectivity index (χ3v) is 7.19. The number of amides is 1. The second kappa shape index (κ2) is 13.7. The molecule has 2 N–H and O–H groups in total. The largest absolute Gasteiger partial charge is 0.493 e. The van der Waals surface area contributed by atoms with Crippen LogP contribution in [0.1, 0.15) is 30.9 Å². The molecule has 3 aromatic rings. The molecule has 0 unspecified atom stereocenters. The number of nitrogens with one attached hydrogen (secondary N) is 2. The lowest BCUT2D eigenvalue weighted by atomic mass is 10.1. The summed E-state index contributed by atoms with van der Waals surface area (Å²) in [6.07, 6.45) is 3.78. The highest BCUT2D eigenvalue weighted by Crippen LogP contribution is 2.27. The molecule has 8 nitrogen and oxygen atoms in total. The van der Waals surface area contributed by atoms with Gasteiger partial charge in [0.05, 0.1) is 19.1 Å². The minimum absolute atomic E-state index is 0.111. The third-order valence-electron chi connectivity index (χ3n) is 5.71. The van der Waals surface area contributed by atoms with E-state index in [1.54, 1.807) is 20.3 Å². The molecule has 0 spiro atoms. The molecule has 0 bridgehead atoms. The highest BCUT2D eigenvalue weighted by molar-refractivity contribution is 7.89.